The molecule has 3 aromatic rings. The Bertz CT molecular complexity index is 720. The number of benzene rings is 2. The fourth-order valence-electron chi connectivity index (χ4n) is 2.29. The van der Waals surface area contributed by atoms with Crippen LogP contribution in [0.15, 0.2) is 48.5 Å². The number of aryl methyl sites for hydroxylation is 1. The Labute approximate surface area is 110 Å². The molecule has 18 heavy (non-hydrogen) atoms. The van der Waals surface area contributed by atoms with Crippen molar-refractivity contribution in [2.45, 2.75) is 6.92 Å². The molecule has 0 saturated heterocycles. The van der Waals surface area contributed by atoms with Gasteiger partial charge in [-0.15, -0.1) is 11.3 Å². The minimum Gasteiger partial charge on any atom is -0.297 e. The van der Waals surface area contributed by atoms with E-state index in [9.17, 15) is 4.79 Å². The molecule has 0 spiro atoms. The highest BCUT2D eigenvalue weighted by molar-refractivity contribution is 7.14. The molecule has 1 nitrogen and oxygen atoms in total. The van der Waals surface area contributed by atoms with Crippen LogP contribution in [-0.4, -0.2) is 6.29 Å². The summed E-state index contributed by atoms with van der Waals surface area (Å²) in [6.07, 6.45) is 0.923. The van der Waals surface area contributed by atoms with Crippen LogP contribution in [0.4, 0.5) is 0 Å². The number of rotatable bonds is 2. The van der Waals surface area contributed by atoms with Gasteiger partial charge < -0.3 is 0 Å². The SMILES string of the molecule is Cc1sc(C=O)cc1-c1cccc2ccccc12. The van der Waals surface area contributed by atoms with Gasteiger partial charge in [-0.3, -0.25) is 4.79 Å². The van der Waals surface area contributed by atoms with Gasteiger partial charge in [-0.25, -0.2) is 0 Å². The average Bonchev–Trinajstić information content (AvgIpc) is 2.79. The van der Waals surface area contributed by atoms with E-state index >= 15 is 0 Å². The zero-order chi connectivity index (χ0) is 12.5. The van der Waals surface area contributed by atoms with Crippen molar-refractivity contribution in [3.8, 4) is 11.1 Å². The van der Waals surface area contributed by atoms with Crippen LogP contribution in [0, 0.1) is 6.92 Å². The van der Waals surface area contributed by atoms with E-state index in [1.165, 1.54) is 26.8 Å². The molecule has 2 heteroatoms. The number of thiophene rings is 1. The van der Waals surface area contributed by atoms with Gasteiger partial charge in [-0.05, 0) is 34.9 Å². The van der Waals surface area contributed by atoms with Crippen LogP contribution in [0.5, 0.6) is 0 Å². The van der Waals surface area contributed by atoms with Crippen molar-refractivity contribution in [1.29, 1.82) is 0 Å². The highest BCUT2D eigenvalue weighted by Gasteiger charge is 2.09. The van der Waals surface area contributed by atoms with Crippen molar-refractivity contribution in [3.05, 3.63) is 58.3 Å². The second kappa shape index (κ2) is 4.39. The largest absolute Gasteiger partial charge is 0.297 e. The Kier molecular flexibility index (Phi) is 2.73. The summed E-state index contributed by atoms with van der Waals surface area (Å²) in [6, 6.07) is 16.6. The molecular formula is C16H12OS. The summed E-state index contributed by atoms with van der Waals surface area (Å²) in [5, 5.41) is 2.46. The van der Waals surface area contributed by atoms with Crippen molar-refractivity contribution in [1.82, 2.24) is 0 Å². The van der Waals surface area contributed by atoms with Crippen LogP contribution in [0.1, 0.15) is 14.5 Å². The highest BCUT2D eigenvalue weighted by atomic mass is 32.1. The fourth-order valence-corrected chi connectivity index (χ4v) is 3.15. The van der Waals surface area contributed by atoms with Gasteiger partial charge in [0.2, 0.25) is 0 Å². The van der Waals surface area contributed by atoms with E-state index < -0.39 is 0 Å². The number of fused-ring (bicyclic) bond motifs is 1. The molecule has 0 aliphatic rings. The standard InChI is InChI=1S/C16H12OS/c1-11-16(9-13(10-17)18-11)15-8-4-6-12-5-2-3-7-14(12)15/h2-10H,1H3. The molecule has 0 radical (unpaired) electrons. The summed E-state index contributed by atoms with van der Waals surface area (Å²) in [5.74, 6) is 0. The third kappa shape index (κ3) is 1.75. The maximum atomic E-state index is 10.9. The Morgan fingerprint density at radius 2 is 1.78 bits per heavy atom. The van der Waals surface area contributed by atoms with E-state index in [0.29, 0.717) is 0 Å². The Hall–Kier alpha value is -1.93. The van der Waals surface area contributed by atoms with Gasteiger partial charge in [-0.2, -0.15) is 0 Å². The van der Waals surface area contributed by atoms with E-state index in [1.54, 1.807) is 11.3 Å². The van der Waals surface area contributed by atoms with E-state index in [4.69, 9.17) is 0 Å². The summed E-state index contributed by atoms with van der Waals surface area (Å²) in [7, 11) is 0. The summed E-state index contributed by atoms with van der Waals surface area (Å²) in [4.78, 5) is 12.9. The molecule has 0 fully saturated rings. The van der Waals surface area contributed by atoms with Crippen molar-refractivity contribution < 1.29 is 4.79 Å². The number of carbonyl (C=O) groups excluding carboxylic acids is 1. The Morgan fingerprint density at radius 3 is 2.56 bits per heavy atom. The summed E-state index contributed by atoms with van der Waals surface area (Å²) >= 11 is 1.55. The molecule has 0 aliphatic carbocycles. The van der Waals surface area contributed by atoms with Crippen molar-refractivity contribution in [3.63, 3.8) is 0 Å². The quantitative estimate of drug-likeness (QED) is 0.605. The molecule has 2 aromatic carbocycles. The lowest BCUT2D eigenvalue weighted by Crippen LogP contribution is -1.80. The first-order chi connectivity index (χ1) is 8.79. The number of aldehydes is 1. The van der Waals surface area contributed by atoms with Gasteiger partial charge in [0, 0.05) is 4.88 Å². The lowest BCUT2D eigenvalue weighted by molar-refractivity contribution is 0.112. The number of hydrogen-bond donors (Lipinski definition) is 0. The second-order valence-corrected chi connectivity index (χ2v) is 5.55. The third-order valence-electron chi connectivity index (χ3n) is 3.13. The maximum Gasteiger partial charge on any atom is 0.160 e. The van der Waals surface area contributed by atoms with Crippen LogP contribution in [-0.2, 0) is 0 Å². The molecular weight excluding hydrogens is 240 g/mol. The van der Waals surface area contributed by atoms with E-state index in [0.717, 1.165) is 11.2 Å². The smallest absolute Gasteiger partial charge is 0.160 e. The molecule has 0 N–H and O–H groups in total. The molecule has 1 heterocycles. The van der Waals surface area contributed by atoms with Gasteiger partial charge in [0.15, 0.2) is 6.29 Å². The molecule has 88 valence electrons. The van der Waals surface area contributed by atoms with Crippen molar-refractivity contribution >= 4 is 28.4 Å². The zero-order valence-corrected chi connectivity index (χ0v) is 10.8. The minimum absolute atomic E-state index is 0.787. The van der Waals surface area contributed by atoms with E-state index in [2.05, 4.69) is 37.3 Å². The van der Waals surface area contributed by atoms with Gasteiger partial charge in [0.1, 0.15) is 0 Å². The predicted molar refractivity (Wildman–Crippen MR) is 77.4 cm³/mol. The van der Waals surface area contributed by atoms with Crippen molar-refractivity contribution in [2.24, 2.45) is 0 Å². The van der Waals surface area contributed by atoms with Crippen LogP contribution in [0.25, 0.3) is 21.9 Å². The first-order valence-corrected chi connectivity index (χ1v) is 6.65. The number of hydrogen-bond acceptors (Lipinski definition) is 2. The monoisotopic (exact) mass is 252 g/mol. The first kappa shape index (κ1) is 11.2. The summed E-state index contributed by atoms with van der Waals surface area (Å²) in [5.41, 5.74) is 2.37. The predicted octanol–water partition coefficient (Wildman–Crippen LogP) is 4.69. The third-order valence-corrected chi connectivity index (χ3v) is 4.11. The molecule has 0 saturated carbocycles. The molecule has 0 unspecified atom stereocenters. The van der Waals surface area contributed by atoms with Gasteiger partial charge in [0.05, 0.1) is 4.88 Å². The number of carbonyl (C=O) groups is 1. The molecule has 3 rings (SSSR count). The molecule has 0 aliphatic heterocycles. The van der Waals surface area contributed by atoms with E-state index in [-0.39, 0.29) is 0 Å². The minimum atomic E-state index is 0.787. The van der Waals surface area contributed by atoms with Crippen LogP contribution >= 0.6 is 11.3 Å². The molecule has 0 atom stereocenters. The Morgan fingerprint density at radius 1 is 1.00 bits per heavy atom. The lowest BCUT2D eigenvalue weighted by Gasteiger charge is -2.05. The summed E-state index contributed by atoms with van der Waals surface area (Å²) in [6.45, 7) is 2.06. The lowest BCUT2D eigenvalue weighted by atomic mass is 9.99. The highest BCUT2D eigenvalue weighted by Crippen LogP contribution is 2.34. The van der Waals surface area contributed by atoms with Crippen LogP contribution < -0.4 is 0 Å². The molecule has 1 aromatic heterocycles. The fraction of sp³-hybridized carbons (Fsp3) is 0.0625. The molecule has 0 amide bonds. The topological polar surface area (TPSA) is 17.1 Å². The Balaban J connectivity index is 2.31. The van der Waals surface area contributed by atoms with Gasteiger partial charge >= 0.3 is 0 Å². The van der Waals surface area contributed by atoms with Gasteiger partial charge in [0.25, 0.3) is 0 Å². The zero-order valence-electron chi connectivity index (χ0n) is 10.0. The first-order valence-electron chi connectivity index (χ1n) is 5.83. The summed E-state index contributed by atoms with van der Waals surface area (Å²) < 4.78 is 0. The normalized spacial score (nSPS) is 10.7. The maximum absolute atomic E-state index is 10.9. The second-order valence-electron chi connectivity index (χ2n) is 4.26. The van der Waals surface area contributed by atoms with Crippen LogP contribution in [0.2, 0.25) is 0 Å². The average molecular weight is 252 g/mol. The van der Waals surface area contributed by atoms with E-state index in [1.807, 2.05) is 18.2 Å². The van der Waals surface area contributed by atoms with Gasteiger partial charge in [-0.1, -0.05) is 42.5 Å². The molecule has 0 bridgehead atoms. The van der Waals surface area contributed by atoms with Crippen LogP contribution in [0.3, 0.4) is 0 Å². The van der Waals surface area contributed by atoms with Crippen molar-refractivity contribution in [2.75, 3.05) is 0 Å².